The van der Waals surface area contributed by atoms with E-state index in [1.807, 2.05) is 0 Å². The molecule has 0 bridgehead atoms. The number of hydrogen-bond donors (Lipinski definition) is 1. The molecule has 1 N–H and O–H groups in total. The Morgan fingerprint density at radius 2 is 1.80 bits per heavy atom. The molecule has 0 atom stereocenters. The molecule has 1 saturated carbocycles. The van der Waals surface area contributed by atoms with Crippen molar-refractivity contribution in [3.63, 3.8) is 0 Å². The Kier molecular flexibility index (Phi) is 2.72. The number of rotatable bonds is 2. The summed E-state index contributed by atoms with van der Waals surface area (Å²) in [6, 6.07) is 0. The van der Waals surface area contributed by atoms with Crippen molar-refractivity contribution >= 4 is 0 Å². The van der Waals surface area contributed by atoms with E-state index in [4.69, 9.17) is 0 Å². The smallest absolute Gasteiger partial charge is 0.0175 e. The summed E-state index contributed by atoms with van der Waals surface area (Å²) in [4.78, 5) is 0. The van der Waals surface area contributed by atoms with Gasteiger partial charge in [0.05, 0.1) is 0 Å². The third kappa shape index (κ3) is 1.51. The average molecular weight is 141 g/mol. The highest BCUT2D eigenvalue weighted by molar-refractivity contribution is 4.87. The van der Waals surface area contributed by atoms with Crippen molar-refractivity contribution in [3.8, 4) is 0 Å². The van der Waals surface area contributed by atoms with Gasteiger partial charge in [0.2, 0.25) is 0 Å². The Balaban J connectivity index is 2.44. The van der Waals surface area contributed by atoms with Crippen LogP contribution in [-0.4, -0.2) is 12.6 Å². The molecule has 0 unspecified atom stereocenters. The van der Waals surface area contributed by atoms with Gasteiger partial charge in [-0.2, -0.15) is 0 Å². The molecular formula is C9H19N. The molecule has 0 aromatic carbocycles. The van der Waals surface area contributed by atoms with Crippen LogP contribution >= 0.6 is 0 Å². The number of hydrogen-bond acceptors (Lipinski definition) is 1. The van der Waals surface area contributed by atoms with Crippen LogP contribution in [0.4, 0.5) is 0 Å². The first-order valence-corrected chi connectivity index (χ1v) is 4.52. The highest BCUT2D eigenvalue weighted by atomic mass is 14.9. The van der Waals surface area contributed by atoms with Gasteiger partial charge in [-0.25, -0.2) is 0 Å². The minimum Gasteiger partial charge on any atom is -0.314 e. The van der Waals surface area contributed by atoms with Crippen LogP contribution in [0.15, 0.2) is 0 Å². The van der Waals surface area contributed by atoms with Gasteiger partial charge in [-0.15, -0.1) is 0 Å². The van der Waals surface area contributed by atoms with Gasteiger partial charge in [0.15, 0.2) is 0 Å². The van der Waals surface area contributed by atoms with E-state index >= 15 is 0 Å². The molecule has 10 heavy (non-hydrogen) atoms. The fourth-order valence-electron chi connectivity index (χ4n) is 2.01. The molecule has 1 heteroatoms. The molecule has 1 rings (SSSR count). The van der Waals surface area contributed by atoms with Crippen LogP contribution in [0.2, 0.25) is 0 Å². The first kappa shape index (κ1) is 8.06. The van der Waals surface area contributed by atoms with Gasteiger partial charge in [0.1, 0.15) is 0 Å². The highest BCUT2D eigenvalue weighted by Crippen LogP contribution is 2.29. The zero-order valence-electron chi connectivity index (χ0n) is 7.24. The van der Waals surface area contributed by atoms with E-state index in [-0.39, 0.29) is 0 Å². The highest BCUT2D eigenvalue weighted by Gasteiger charge is 2.27. The summed E-state index contributed by atoms with van der Waals surface area (Å²) in [5, 5.41) is 3.47. The van der Waals surface area contributed by atoms with Gasteiger partial charge in [0.25, 0.3) is 0 Å². The Morgan fingerprint density at radius 1 is 1.20 bits per heavy atom. The predicted octanol–water partition coefficient (Wildman–Crippen LogP) is 2.32. The fourth-order valence-corrected chi connectivity index (χ4v) is 2.01. The second kappa shape index (κ2) is 3.38. The van der Waals surface area contributed by atoms with Gasteiger partial charge < -0.3 is 5.32 Å². The Labute approximate surface area is 64.2 Å². The van der Waals surface area contributed by atoms with E-state index in [1.165, 1.54) is 38.5 Å². The van der Waals surface area contributed by atoms with Crippen molar-refractivity contribution in [1.82, 2.24) is 5.32 Å². The predicted molar refractivity (Wildman–Crippen MR) is 45.2 cm³/mol. The number of nitrogens with one attached hydrogen (secondary N) is 1. The van der Waals surface area contributed by atoms with Crippen molar-refractivity contribution in [1.29, 1.82) is 0 Å². The van der Waals surface area contributed by atoms with E-state index in [0.29, 0.717) is 5.54 Å². The van der Waals surface area contributed by atoms with E-state index in [9.17, 15) is 0 Å². The van der Waals surface area contributed by atoms with Crippen molar-refractivity contribution < 1.29 is 0 Å². The second-order valence-corrected chi connectivity index (χ2v) is 3.44. The minimum atomic E-state index is 0.512. The summed E-state index contributed by atoms with van der Waals surface area (Å²) in [5.41, 5.74) is 0.512. The van der Waals surface area contributed by atoms with Gasteiger partial charge in [0, 0.05) is 5.54 Å². The van der Waals surface area contributed by atoms with Gasteiger partial charge in [-0.1, -0.05) is 26.2 Å². The first-order valence-electron chi connectivity index (χ1n) is 4.52. The Hall–Kier alpha value is -0.0400. The normalized spacial score (nSPS) is 24.6. The molecule has 0 aromatic rings. The lowest BCUT2D eigenvalue weighted by Gasteiger charge is -2.36. The molecule has 0 spiro atoms. The standard InChI is InChI=1S/C9H19N/c1-3-9(10-2)7-5-4-6-8-9/h10H,3-8H2,1-2H3. The van der Waals surface area contributed by atoms with Gasteiger partial charge in [-0.05, 0) is 26.3 Å². The Bertz CT molecular complexity index is 86.9. The van der Waals surface area contributed by atoms with E-state index < -0.39 is 0 Å². The topological polar surface area (TPSA) is 12.0 Å². The molecule has 1 fully saturated rings. The molecule has 1 nitrogen and oxygen atoms in total. The molecular weight excluding hydrogens is 122 g/mol. The summed E-state index contributed by atoms with van der Waals surface area (Å²) in [6.45, 7) is 2.29. The van der Waals surface area contributed by atoms with Gasteiger partial charge >= 0.3 is 0 Å². The molecule has 1 aliphatic carbocycles. The maximum atomic E-state index is 3.47. The van der Waals surface area contributed by atoms with Crippen molar-refractivity contribution in [2.24, 2.45) is 0 Å². The van der Waals surface area contributed by atoms with Crippen LogP contribution in [-0.2, 0) is 0 Å². The van der Waals surface area contributed by atoms with Crippen LogP contribution in [0.5, 0.6) is 0 Å². The zero-order chi connectivity index (χ0) is 7.45. The molecule has 0 amide bonds. The molecule has 0 heterocycles. The molecule has 0 aromatic heterocycles. The van der Waals surface area contributed by atoms with Crippen LogP contribution in [0, 0.1) is 0 Å². The van der Waals surface area contributed by atoms with Crippen molar-refractivity contribution in [2.75, 3.05) is 7.05 Å². The third-order valence-electron chi connectivity index (χ3n) is 3.02. The van der Waals surface area contributed by atoms with Crippen LogP contribution in [0.1, 0.15) is 45.4 Å². The maximum Gasteiger partial charge on any atom is 0.0175 e. The monoisotopic (exact) mass is 141 g/mol. The second-order valence-electron chi connectivity index (χ2n) is 3.44. The lowest BCUT2D eigenvalue weighted by atomic mass is 9.80. The minimum absolute atomic E-state index is 0.512. The van der Waals surface area contributed by atoms with Gasteiger partial charge in [-0.3, -0.25) is 0 Å². The quantitative estimate of drug-likeness (QED) is 0.622. The van der Waals surface area contributed by atoms with Crippen molar-refractivity contribution in [2.45, 2.75) is 51.0 Å². The molecule has 0 aliphatic heterocycles. The first-order chi connectivity index (χ1) is 4.83. The summed E-state index contributed by atoms with van der Waals surface area (Å²) in [6.07, 6.45) is 8.37. The van der Waals surface area contributed by atoms with Crippen LogP contribution < -0.4 is 5.32 Å². The van der Waals surface area contributed by atoms with Crippen LogP contribution in [0.25, 0.3) is 0 Å². The molecule has 0 radical (unpaired) electrons. The lowest BCUT2D eigenvalue weighted by molar-refractivity contribution is 0.238. The van der Waals surface area contributed by atoms with Crippen LogP contribution in [0.3, 0.4) is 0 Å². The van der Waals surface area contributed by atoms with Crippen molar-refractivity contribution in [3.05, 3.63) is 0 Å². The molecule has 1 aliphatic rings. The van der Waals surface area contributed by atoms with E-state index in [2.05, 4.69) is 19.3 Å². The van der Waals surface area contributed by atoms with E-state index in [0.717, 1.165) is 0 Å². The largest absolute Gasteiger partial charge is 0.314 e. The summed E-state index contributed by atoms with van der Waals surface area (Å²) in [7, 11) is 2.11. The van der Waals surface area contributed by atoms with E-state index in [1.54, 1.807) is 0 Å². The summed E-state index contributed by atoms with van der Waals surface area (Å²) >= 11 is 0. The fraction of sp³-hybridized carbons (Fsp3) is 1.00. The maximum absolute atomic E-state index is 3.47. The lowest BCUT2D eigenvalue weighted by Crippen LogP contribution is -2.43. The summed E-state index contributed by atoms with van der Waals surface area (Å²) < 4.78 is 0. The average Bonchev–Trinajstić information content (AvgIpc) is 2.06. The Morgan fingerprint density at radius 3 is 2.10 bits per heavy atom. The summed E-state index contributed by atoms with van der Waals surface area (Å²) in [5.74, 6) is 0. The molecule has 60 valence electrons. The zero-order valence-corrected chi connectivity index (χ0v) is 7.24. The third-order valence-corrected chi connectivity index (χ3v) is 3.02. The SMILES string of the molecule is CCC1(NC)CCCCC1. The molecule has 0 saturated heterocycles.